The van der Waals surface area contributed by atoms with Crippen LogP contribution in [-0.4, -0.2) is 42.3 Å². The van der Waals surface area contributed by atoms with Gasteiger partial charge >= 0.3 is 0 Å². The average molecular weight is 200 g/mol. The van der Waals surface area contributed by atoms with Gasteiger partial charge in [-0.05, 0) is 34.7 Å². The van der Waals surface area contributed by atoms with Crippen molar-refractivity contribution < 1.29 is 9.59 Å². The standard InChI is InChI=1S/C10H20N2O2/c1-7(2)11-10(14)6-12(5)8(3)9(4)13/h7-8H,6H2,1-5H3,(H,11,14). The second-order valence-corrected chi connectivity index (χ2v) is 3.92. The molecule has 4 heteroatoms. The van der Waals surface area contributed by atoms with Gasteiger partial charge in [-0.2, -0.15) is 0 Å². The van der Waals surface area contributed by atoms with Crippen LogP contribution in [-0.2, 0) is 9.59 Å². The Labute approximate surface area is 85.7 Å². The molecule has 4 nitrogen and oxygen atoms in total. The molecule has 14 heavy (non-hydrogen) atoms. The van der Waals surface area contributed by atoms with Crippen LogP contribution in [0.5, 0.6) is 0 Å². The van der Waals surface area contributed by atoms with Gasteiger partial charge in [-0.3, -0.25) is 14.5 Å². The van der Waals surface area contributed by atoms with Crippen LogP contribution in [0.3, 0.4) is 0 Å². The number of ketones is 1. The maximum absolute atomic E-state index is 11.3. The van der Waals surface area contributed by atoms with E-state index in [-0.39, 0.29) is 30.3 Å². The number of carbonyl (C=O) groups is 2. The lowest BCUT2D eigenvalue weighted by Gasteiger charge is -2.22. The Balaban J connectivity index is 3.99. The molecule has 82 valence electrons. The number of nitrogens with one attached hydrogen (secondary N) is 1. The molecule has 0 aromatic heterocycles. The summed E-state index contributed by atoms with van der Waals surface area (Å²) < 4.78 is 0. The second-order valence-electron chi connectivity index (χ2n) is 3.92. The zero-order chi connectivity index (χ0) is 11.3. The normalized spacial score (nSPS) is 13.1. The molecule has 0 aliphatic carbocycles. The van der Waals surface area contributed by atoms with E-state index in [1.807, 2.05) is 13.8 Å². The van der Waals surface area contributed by atoms with Crippen LogP contribution in [0.25, 0.3) is 0 Å². The molecule has 0 saturated heterocycles. The highest BCUT2D eigenvalue weighted by atomic mass is 16.2. The lowest BCUT2D eigenvalue weighted by molar-refractivity contribution is -0.125. The minimum Gasteiger partial charge on any atom is -0.353 e. The molecule has 1 atom stereocenters. The summed E-state index contributed by atoms with van der Waals surface area (Å²) in [4.78, 5) is 24.1. The van der Waals surface area contributed by atoms with Crippen molar-refractivity contribution in [2.24, 2.45) is 0 Å². The first-order chi connectivity index (χ1) is 6.34. The van der Waals surface area contributed by atoms with E-state index >= 15 is 0 Å². The van der Waals surface area contributed by atoms with E-state index in [1.165, 1.54) is 6.92 Å². The van der Waals surface area contributed by atoms with Crippen LogP contribution in [0.4, 0.5) is 0 Å². The maximum Gasteiger partial charge on any atom is 0.234 e. The maximum atomic E-state index is 11.3. The van der Waals surface area contributed by atoms with Crippen molar-refractivity contribution in [3.05, 3.63) is 0 Å². The molecule has 0 aliphatic rings. The summed E-state index contributed by atoms with van der Waals surface area (Å²) in [5, 5.41) is 2.78. The van der Waals surface area contributed by atoms with Gasteiger partial charge in [0.1, 0.15) is 5.78 Å². The summed E-state index contributed by atoms with van der Waals surface area (Å²) in [7, 11) is 1.77. The lowest BCUT2D eigenvalue weighted by atomic mass is 10.2. The smallest absolute Gasteiger partial charge is 0.234 e. The molecule has 0 rings (SSSR count). The van der Waals surface area contributed by atoms with Gasteiger partial charge in [-0.25, -0.2) is 0 Å². The Kier molecular flexibility index (Phi) is 5.38. The number of hydrogen-bond acceptors (Lipinski definition) is 3. The van der Waals surface area contributed by atoms with Crippen LogP contribution in [0.15, 0.2) is 0 Å². The van der Waals surface area contributed by atoms with Crippen molar-refractivity contribution >= 4 is 11.7 Å². The molecule has 0 bridgehead atoms. The summed E-state index contributed by atoms with van der Waals surface area (Å²) in [6, 6.07) is -0.0588. The van der Waals surface area contributed by atoms with E-state index < -0.39 is 0 Å². The van der Waals surface area contributed by atoms with Crippen LogP contribution >= 0.6 is 0 Å². The summed E-state index contributed by atoms with van der Waals surface area (Å²) in [5.74, 6) is 0.0282. The Morgan fingerprint density at radius 1 is 1.29 bits per heavy atom. The quantitative estimate of drug-likeness (QED) is 0.699. The first-order valence-electron chi connectivity index (χ1n) is 4.84. The van der Waals surface area contributed by atoms with Gasteiger partial charge in [0.05, 0.1) is 12.6 Å². The second kappa shape index (κ2) is 5.75. The third-order valence-corrected chi connectivity index (χ3v) is 2.09. The predicted molar refractivity (Wildman–Crippen MR) is 56.1 cm³/mol. The van der Waals surface area contributed by atoms with Crippen molar-refractivity contribution in [3.8, 4) is 0 Å². The van der Waals surface area contributed by atoms with E-state index in [2.05, 4.69) is 5.32 Å². The predicted octanol–water partition coefficient (Wildman–Crippen LogP) is 0.420. The molecule has 0 spiro atoms. The number of nitrogens with zero attached hydrogens (tertiary/aromatic N) is 1. The molecule has 0 heterocycles. The van der Waals surface area contributed by atoms with E-state index in [9.17, 15) is 9.59 Å². The Morgan fingerprint density at radius 2 is 1.79 bits per heavy atom. The molecule has 1 unspecified atom stereocenters. The van der Waals surface area contributed by atoms with Crippen molar-refractivity contribution in [2.45, 2.75) is 39.8 Å². The molecule has 0 aromatic rings. The first kappa shape index (κ1) is 13.1. The number of amides is 1. The molecule has 1 amide bonds. The summed E-state index contributed by atoms with van der Waals surface area (Å²) in [5.41, 5.74) is 0. The first-order valence-corrected chi connectivity index (χ1v) is 4.84. The van der Waals surface area contributed by atoms with E-state index in [4.69, 9.17) is 0 Å². The van der Waals surface area contributed by atoms with Crippen molar-refractivity contribution in [1.82, 2.24) is 10.2 Å². The van der Waals surface area contributed by atoms with Gasteiger partial charge in [0.25, 0.3) is 0 Å². The zero-order valence-electron chi connectivity index (χ0n) is 9.63. The summed E-state index contributed by atoms with van der Waals surface area (Å²) in [6.07, 6.45) is 0. The minimum absolute atomic E-state index is 0.0457. The van der Waals surface area contributed by atoms with E-state index in [1.54, 1.807) is 18.9 Å². The third kappa shape index (κ3) is 4.97. The molecular formula is C10H20N2O2. The van der Waals surface area contributed by atoms with Gasteiger partial charge < -0.3 is 5.32 Å². The van der Waals surface area contributed by atoms with Crippen molar-refractivity contribution in [2.75, 3.05) is 13.6 Å². The fourth-order valence-corrected chi connectivity index (χ4v) is 1.04. The topological polar surface area (TPSA) is 49.4 Å². The third-order valence-electron chi connectivity index (χ3n) is 2.09. The lowest BCUT2D eigenvalue weighted by Crippen LogP contribution is -2.43. The molecule has 0 aliphatic heterocycles. The fourth-order valence-electron chi connectivity index (χ4n) is 1.04. The number of carbonyl (C=O) groups excluding carboxylic acids is 2. The SMILES string of the molecule is CC(=O)C(C)N(C)CC(=O)NC(C)C. The highest BCUT2D eigenvalue weighted by molar-refractivity contribution is 5.83. The molecule has 0 saturated carbocycles. The molecule has 1 N–H and O–H groups in total. The Hall–Kier alpha value is -0.900. The molecule has 0 fully saturated rings. The van der Waals surface area contributed by atoms with Crippen LogP contribution < -0.4 is 5.32 Å². The Morgan fingerprint density at radius 3 is 2.14 bits per heavy atom. The fraction of sp³-hybridized carbons (Fsp3) is 0.800. The van der Waals surface area contributed by atoms with Crippen LogP contribution in [0.2, 0.25) is 0 Å². The average Bonchev–Trinajstić information content (AvgIpc) is 2.00. The molecule has 0 aromatic carbocycles. The Bertz CT molecular complexity index is 214. The number of likely N-dealkylation sites (N-methyl/N-ethyl adjacent to an activating group) is 1. The number of Topliss-reactive ketones (excluding diaryl/α,β-unsaturated/α-hetero) is 1. The highest BCUT2D eigenvalue weighted by Gasteiger charge is 2.16. The van der Waals surface area contributed by atoms with Gasteiger partial charge in [0.2, 0.25) is 5.91 Å². The van der Waals surface area contributed by atoms with Crippen molar-refractivity contribution in [1.29, 1.82) is 0 Å². The number of rotatable bonds is 5. The van der Waals surface area contributed by atoms with Crippen molar-refractivity contribution in [3.63, 3.8) is 0 Å². The van der Waals surface area contributed by atoms with Crippen LogP contribution in [0.1, 0.15) is 27.7 Å². The zero-order valence-corrected chi connectivity index (χ0v) is 9.63. The van der Waals surface area contributed by atoms with E-state index in [0.29, 0.717) is 0 Å². The van der Waals surface area contributed by atoms with E-state index in [0.717, 1.165) is 0 Å². The summed E-state index contributed by atoms with van der Waals surface area (Å²) in [6.45, 7) is 7.41. The molecule has 0 radical (unpaired) electrons. The number of hydrogen-bond donors (Lipinski definition) is 1. The molecular weight excluding hydrogens is 180 g/mol. The van der Waals surface area contributed by atoms with Gasteiger partial charge in [-0.1, -0.05) is 0 Å². The monoisotopic (exact) mass is 200 g/mol. The van der Waals surface area contributed by atoms with Gasteiger partial charge in [-0.15, -0.1) is 0 Å². The highest BCUT2D eigenvalue weighted by Crippen LogP contribution is 1.96. The van der Waals surface area contributed by atoms with Crippen LogP contribution in [0, 0.1) is 0 Å². The van der Waals surface area contributed by atoms with Gasteiger partial charge in [0.15, 0.2) is 0 Å². The summed E-state index contributed by atoms with van der Waals surface area (Å²) >= 11 is 0. The van der Waals surface area contributed by atoms with Gasteiger partial charge in [0, 0.05) is 6.04 Å². The minimum atomic E-state index is -0.201. The largest absolute Gasteiger partial charge is 0.353 e.